The first-order valence-electron chi connectivity index (χ1n) is 4.85. The van der Waals surface area contributed by atoms with Gasteiger partial charge in [0.25, 0.3) is 5.69 Å². The van der Waals surface area contributed by atoms with Crippen molar-refractivity contribution >= 4 is 11.4 Å². The van der Waals surface area contributed by atoms with Gasteiger partial charge >= 0.3 is 0 Å². The molecule has 0 unspecified atom stereocenters. The SMILES string of the molecule is C=CCCNc1cc(C)c(F)cc1[N+](=O)[O-]. The predicted molar refractivity (Wildman–Crippen MR) is 61.1 cm³/mol. The minimum Gasteiger partial charge on any atom is -0.379 e. The highest BCUT2D eigenvalue weighted by Crippen LogP contribution is 2.27. The molecule has 0 aromatic heterocycles. The molecule has 0 spiro atoms. The summed E-state index contributed by atoms with van der Waals surface area (Å²) in [6, 6.07) is 2.38. The lowest BCUT2D eigenvalue weighted by atomic mass is 10.1. The van der Waals surface area contributed by atoms with Crippen molar-refractivity contribution in [2.24, 2.45) is 0 Å². The Kier molecular flexibility index (Phi) is 3.99. The number of nitro benzene ring substituents is 1. The molecule has 0 atom stereocenters. The predicted octanol–water partition coefficient (Wildman–Crippen LogP) is 3.03. The zero-order valence-electron chi connectivity index (χ0n) is 9.00. The third-order valence-corrected chi connectivity index (χ3v) is 2.14. The molecule has 1 rings (SSSR count). The van der Waals surface area contributed by atoms with Gasteiger partial charge in [-0.05, 0) is 25.0 Å². The van der Waals surface area contributed by atoms with E-state index in [9.17, 15) is 14.5 Å². The Morgan fingerprint density at radius 3 is 2.88 bits per heavy atom. The highest BCUT2D eigenvalue weighted by atomic mass is 19.1. The smallest absolute Gasteiger partial charge is 0.295 e. The maximum atomic E-state index is 13.2. The number of aryl methyl sites for hydroxylation is 1. The minimum atomic E-state index is -0.598. The Bertz CT molecular complexity index is 419. The highest BCUT2D eigenvalue weighted by molar-refractivity contribution is 5.63. The number of benzene rings is 1. The van der Waals surface area contributed by atoms with Crippen molar-refractivity contribution in [3.63, 3.8) is 0 Å². The van der Waals surface area contributed by atoms with Gasteiger partial charge in [0, 0.05) is 6.54 Å². The largest absolute Gasteiger partial charge is 0.379 e. The summed E-state index contributed by atoms with van der Waals surface area (Å²) in [5.41, 5.74) is 0.476. The van der Waals surface area contributed by atoms with Gasteiger partial charge in [-0.25, -0.2) is 4.39 Å². The zero-order valence-corrected chi connectivity index (χ0v) is 9.00. The Labute approximate surface area is 92.9 Å². The van der Waals surface area contributed by atoms with Crippen molar-refractivity contribution in [1.82, 2.24) is 0 Å². The van der Waals surface area contributed by atoms with Crippen LogP contribution in [0.2, 0.25) is 0 Å². The van der Waals surface area contributed by atoms with E-state index in [0.29, 0.717) is 24.2 Å². The van der Waals surface area contributed by atoms with Crippen LogP contribution in [0.4, 0.5) is 15.8 Å². The van der Waals surface area contributed by atoms with Crippen LogP contribution in [-0.4, -0.2) is 11.5 Å². The fourth-order valence-corrected chi connectivity index (χ4v) is 1.27. The number of nitrogens with one attached hydrogen (secondary N) is 1. The molecule has 0 aliphatic rings. The Morgan fingerprint density at radius 2 is 2.31 bits per heavy atom. The topological polar surface area (TPSA) is 55.2 Å². The number of nitrogens with zero attached hydrogens (tertiary/aromatic N) is 1. The van der Waals surface area contributed by atoms with Crippen LogP contribution in [0.5, 0.6) is 0 Å². The van der Waals surface area contributed by atoms with E-state index < -0.39 is 10.7 Å². The van der Waals surface area contributed by atoms with Crippen molar-refractivity contribution in [3.05, 3.63) is 46.3 Å². The van der Waals surface area contributed by atoms with Crippen LogP contribution < -0.4 is 5.32 Å². The van der Waals surface area contributed by atoms with Gasteiger partial charge in [-0.15, -0.1) is 6.58 Å². The van der Waals surface area contributed by atoms with Crippen LogP contribution in [0.25, 0.3) is 0 Å². The molecule has 0 saturated carbocycles. The standard InChI is InChI=1S/C11H13FN2O2/c1-3-4-5-13-10-6-8(2)9(12)7-11(10)14(15)16/h3,6-7,13H,1,4-5H2,2H3. The molecule has 86 valence electrons. The van der Waals surface area contributed by atoms with Gasteiger partial charge in [-0.1, -0.05) is 6.08 Å². The summed E-state index contributed by atoms with van der Waals surface area (Å²) in [6.07, 6.45) is 2.39. The average Bonchev–Trinajstić information content (AvgIpc) is 2.23. The van der Waals surface area contributed by atoms with Gasteiger partial charge in [0.15, 0.2) is 0 Å². The molecule has 0 bridgehead atoms. The van der Waals surface area contributed by atoms with E-state index in [1.807, 2.05) is 0 Å². The summed E-state index contributed by atoms with van der Waals surface area (Å²) in [5.74, 6) is -0.569. The van der Waals surface area contributed by atoms with E-state index in [1.54, 1.807) is 13.0 Å². The zero-order chi connectivity index (χ0) is 12.1. The van der Waals surface area contributed by atoms with E-state index in [0.717, 1.165) is 6.07 Å². The normalized spacial score (nSPS) is 9.88. The second-order valence-electron chi connectivity index (χ2n) is 3.38. The van der Waals surface area contributed by atoms with Crippen molar-refractivity contribution in [3.8, 4) is 0 Å². The van der Waals surface area contributed by atoms with Crippen molar-refractivity contribution in [1.29, 1.82) is 0 Å². The van der Waals surface area contributed by atoms with Crippen LogP contribution in [0.1, 0.15) is 12.0 Å². The number of hydrogen-bond donors (Lipinski definition) is 1. The van der Waals surface area contributed by atoms with Gasteiger partial charge in [0.05, 0.1) is 11.0 Å². The van der Waals surface area contributed by atoms with Gasteiger partial charge in [-0.3, -0.25) is 10.1 Å². The molecule has 0 amide bonds. The molecule has 1 aromatic carbocycles. The number of hydrogen-bond acceptors (Lipinski definition) is 3. The van der Waals surface area contributed by atoms with Gasteiger partial charge in [0.1, 0.15) is 11.5 Å². The van der Waals surface area contributed by atoms with E-state index in [1.165, 1.54) is 6.07 Å². The van der Waals surface area contributed by atoms with E-state index in [4.69, 9.17) is 0 Å². The van der Waals surface area contributed by atoms with E-state index >= 15 is 0 Å². The number of nitro groups is 1. The summed E-state index contributed by atoms with van der Waals surface area (Å²) < 4.78 is 13.2. The van der Waals surface area contributed by atoms with Crippen LogP contribution in [0, 0.1) is 22.9 Å². The van der Waals surface area contributed by atoms with Crippen LogP contribution in [-0.2, 0) is 0 Å². The summed E-state index contributed by atoms with van der Waals surface area (Å²) >= 11 is 0. The Balaban J connectivity index is 3.00. The highest BCUT2D eigenvalue weighted by Gasteiger charge is 2.16. The third kappa shape index (κ3) is 2.79. The summed E-state index contributed by atoms with van der Waals surface area (Å²) in [7, 11) is 0. The Morgan fingerprint density at radius 1 is 1.62 bits per heavy atom. The fraction of sp³-hybridized carbons (Fsp3) is 0.273. The minimum absolute atomic E-state index is 0.243. The number of halogens is 1. The molecule has 0 radical (unpaired) electrons. The fourth-order valence-electron chi connectivity index (χ4n) is 1.27. The summed E-state index contributed by atoms with van der Waals surface area (Å²) in [4.78, 5) is 10.1. The molecule has 0 heterocycles. The number of anilines is 1. The second-order valence-corrected chi connectivity index (χ2v) is 3.38. The lowest BCUT2D eigenvalue weighted by molar-refractivity contribution is -0.384. The van der Waals surface area contributed by atoms with Crippen molar-refractivity contribution in [2.75, 3.05) is 11.9 Å². The van der Waals surface area contributed by atoms with Crippen molar-refractivity contribution < 1.29 is 9.31 Å². The molecule has 1 aromatic rings. The molecule has 5 heteroatoms. The van der Waals surface area contributed by atoms with Crippen LogP contribution in [0.3, 0.4) is 0 Å². The first-order chi connectivity index (χ1) is 7.56. The molecule has 4 nitrogen and oxygen atoms in total. The van der Waals surface area contributed by atoms with Crippen molar-refractivity contribution in [2.45, 2.75) is 13.3 Å². The van der Waals surface area contributed by atoms with Gasteiger partial charge < -0.3 is 5.32 Å². The molecule has 0 aliphatic carbocycles. The van der Waals surface area contributed by atoms with Crippen LogP contribution in [0.15, 0.2) is 24.8 Å². The lowest BCUT2D eigenvalue weighted by Gasteiger charge is -2.07. The van der Waals surface area contributed by atoms with E-state index in [-0.39, 0.29) is 5.69 Å². The molecule has 1 N–H and O–H groups in total. The first-order valence-corrected chi connectivity index (χ1v) is 4.85. The lowest BCUT2D eigenvalue weighted by Crippen LogP contribution is -2.04. The molecular formula is C11H13FN2O2. The molecule has 0 fully saturated rings. The van der Waals surface area contributed by atoms with Gasteiger partial charge in [0.2, 0.25) is 0 Å². The Hall–Kier alpha value is -1.91. The first kappa shape index (κ1) is 12.2. The third-order valence-electron chi connectivity index (χ3n) is 2.14. The molecule has 0 aliphatic heterocycles. The quantitative estimate of drug-likeness (QED) is 0.362. The van der Waals surface area contributed by atoms with Crippen LogP contribution >= 0.6 is 0 Å². The molecule has 0 saturated heterocycles. The summed E-state index contributed by atoms with van der Waals surface area (Å²) in [6.45, 7) is 5.65. The molecule has 16 heavy (non-hydrogen) atoms. The monoisotopic (exact) mass is 224 g/mol. The van der Waals surface area contributed by atoms with Gasteiger partial charge in [-0.2, -0.15) is 0 Å². The maximum absolute atomic E-state index is 13.2. The summed E-state index contributed by atoms with van der Waals surface area (Å²) in [5, 5.41) is 13.6. The molecular weight excluding hydrogens is 211 g/mol. The second kappa shape index (κ2) is 5.25. The van der Waals surface area contributed by atoms with E-state index in [2.05, 4.69) is 11.9 Å². The average molecular weight is 224 g/mol. The maximum Gasteiger partial charge on any atom is 0.295 e. The number of rotatable bonds is 5.